The van der Waals surface area contributed by atoms with Crippen molar-refractivity contribution in [1.82, 2.24) is 5.32 Å². The lowest BCUT2D eigenvalue weighted by Gasteiger charge is -2.21. The summed E-state index contributed by atoms with van der Waals surface area (Å²) in [6.45, 7) is 4.04. The van der Waals surface area contributed by atoms with Gasteiger partial charge in [-0.2, -0.15) is 0 Å². The van der Waals surface area contributed by atoms with Crippen LogP contribution in [0.3, 0.4) is 0 Å². The molecule has 1 rings (SSSR count). The van der Waals surface area contributed by atoms with Crippen molar-refractivity contribution in [1.29, 1.82) is 0 Å². The summed E-state index contributed by atoms with van der Waals surface area (Å²) in [7, 11) is 0. The SMILES string of the molecule is CC(C)C(CCO)NC(=O)c1ccc(Cl)c(N)c1. The van der Waals surface area contributed by atoms with E-state index >= 15 is 0 Å². The second-order valence-electron chi connectivity index (χ2n) is 4.57. The Morgan fingerprint density at radius 2 is 2.17 bits per heavy atom. The Kier molecular flexibility index (Phi) is 5.44. The summed E-state index contributed by atoms with van der Waals surface area (Å²) < 4.78 is 0. The van der Waals surface area contributed by atoms with Crippen LogP contribution in [0.25, 0.3) is 0 Å². The van der Waals surface area contributed by atoms with Gasteiger partial charge >= 0.3 is 0 Å². The maximum absolute atomic E-state index is 12.0. The van der Waals surface area contributed by atoms with Crippen molar-refractivity contribution in [3.05, 3.63) is 28.8 Å². The number of amides is 1. The number of aliphatic hydroxyl groups is 1. The smallest absolute Gasteiger partial charge is 0.251 e. The van der Waals surface area contributed by atoms with Gasteiger partial charge in [0.2, 0.25) is 0 Å². The molecule has 18 heavy (non-hydrogen) atoms. The minimum atomic E-state index is -0.203. The van der Waals surface area contributed by atoms with Gasteiger partial charge in [-0.05, 0) is 30.5 Å². The molecule has 0 radical (unpaired) electrons. The maximum Gasteiger partial charge on any atom is 0.251 e. The lowest BCUT2D eigenvalue weighted by molar-refractivity contribution is 0.0916. The van der Waals surface area contributed by atoms with E-state index in [9.17, 15) is 4.79 Å². The van der Waals surface area contributed by atoms with Crippen LogP contribution < -0.4 is 11.1 Å². The minimum Gasteiger partial charge on any atom is -0.398 e. The van der Waals surface area contributed by atoms with Gasteiger partial charge in [0.05, 0.1) is 10.7 Å². The van der Waals surface area contributed by atoms with E-state index in [-0.39, 0.29) is 24.5 Å². The van der Waals surface area contributed by atoms with Crippen LogP contribution in [0.1, 0.15) is 30.6 Å². The first kappa shape index (κ1) is 14.8. The predicted molar refractivity (Wildman–Crippen MR) is 73.7 cm³/mol. The summed E-state index contributed by atoms with van der Waals surface area (Å²) in [6.07, 6.45) is 0.534. The number of rotatable bonds is 5. The minimum absolute atomic E-state index is 0.0475. The number of benzene rings is 1. The van der Waals surface area contributed by atoms with Gasteiger partial charge in [0, 0.05) is 18.2 Å². The molecule has 0 saturated heterocycles. The first-order valence-electron chi connectivity index (χ1n) is 5.92. The lowest BCUT2D eigenvalue weighted by atomic mass is 10.0. The summed E-state index contributed by atoms with van der Waals surface area (Å²) in [5, 5.41) is 12.3. The van der Waals surface area contributed by atoms with Crippen molar-refractivity contribution in [3.63, 3.8) is 0 Å². The average Bonchev–Trinajstić information content (AvgIpc) is 2.31. The Morgan fingerprint density at radius 3 is 2.67 bits per heavy atom. The molecule has 0 bridgehead atoms. The van der Waals surface area contributed by atoms with Crippen molar-refractivity contribution >= 4 is 23.2 Å². The molecule has 100 valence electrons. The largest absolute Gasteiger partial charge is 0.398 e. The Hall–Kier alpha value is -1.26. The molecule has 1 aromatic carbocycles. The monoisotopic (exact) mass is 270 g/mol. The first-order chi connectivity index (χ1) is 8.45. The summed E-state index contributed by atoms with van der Waals surface area (Å²) in [4.78, 5) is 12.0. The third-order valence-corrected chi connectivity index (χ3v) is 3.16. The van der Waals surface area contributed by atoms with E-state index in [0.29, 0.717) is 22.7 Å². The van der Waals surface area contributed by atoms with Gasteiger partial charge < -0.3 is 16.2 Å². The number of carbonyl (C=O) groups excluding carboxylic acids is 1. The van der Waals surface area contributed by atoms with E-state index in [1.807, 2.05) is 13.8 Å². The zero-order valence-corrected chi connectivity index (χ0v) is 11.4. The van der Waals surface area contributed by atoms with E-state index < -0.39 is 0 Å². The molecule has 0 aromatic heterocycles. The number of halogens is 1. The van der Waals surface area contributed by atoms with Crippen LogP contribution in [-0.4, -0.2) is 23.7 Å². The van der Waals surface area contributed by atoms with E-state index in [2.05, 4.69) is 5.32 Å². The number of nitrogens with one attached hydrogen (secondary N) is 1. The van der Waals surface area contributed by atoms with Crippen molar-refractivity contribution < 1.29 is 9.90 Å². The number of hydrogen-bond donors (Lipinski definition) is 3. The molecule has 4 N–H and O–H groups in total. The van der Waals surface area contributed by atoms with Crippen LogP contribution in [0.5, 0.6) is 0 Å². The number of hydrogen-bond acceptors (Lipinski definition) is 3. The van der Waals surface area contributed by atoms with Gasteiger partial charge in [0.15, 0.2) is 0 Å². The topological polar surface area (TPSA) is 75.3 Å². The summed E-state index contributed by atoms with van der Waals surface area (Å²) >= 11 is 5.80. The zero-order valence-electron chi connectivity index (χ0n) is 10.6. The van der Waals surface area contributed by atoms with E-state index in [0.717, 1.165) is 0 Å². The summed E-state index contributed by atoms with van der Waals surface area (Å²) in [5.74, 6) is 0.0521. The summed E-state index contributed by atoms with van der Waals surface area (Å²) in [5.41, 5.74) is 6.51. The molecule has 0 aliphatic carbocycles. The van der Waals surface area contributed by atoms with Crippen LogP contribution >= 0.6 is 11.6 Å². The molecule has 1 amide bonds. The highest BCUT2D eigenvalue weighted by molar-refractivity contribution is 6.33. The van der Waals surface area contributed by atoms with Gasteiger partial charge in [-0.1, -0.05) is 25.4 Å². The van der Waals surface area contributed by atoms with Crippen molar-refractivity contribution in [2.24, 2.45) is 5.92 Å². The fourth-order valence-electron chi connectivity index (χ4n) is 1.65. The molecule has 1 unspecified atom stereocenters. The highest BCUT2D eigenvalue weighted by atomic mass is 35.5. The highest BCUT2D eigenvalue weighted by Crippen LogP contribution is 2.19. The normalized spacial score (nSPS) is 12.5. The van der Waals surface area contributed by atoms with Crippen LogP contribution in [0.2, 0.25) is 5.02 Å². The Morgan fingerprint density at radius 1 is 1.50 bits per heavy atom. The molecule has 0 aliphatic rings. The second kappa shape index (κ2) is 6.61. The molecule has 0 aliphatic heterocycles. The molecule has 0 fully saturated rings. The first-order valence-corrected chi connectivity index (χ1v) is 6.30. The van der Waals surface area contributed by atoms with Crippen LogP contribution in [0.4, 0.5) is 5.69 Å². The number of carbonyl (C=O) groups is 1. The number of aliphatic hydroxyl groups excluding tert-OH is 1. The van der Waals surface area contributed by atoms with Crippen LogP contribution in [0.15, 0.2) is 18.2 Å². The lowest BCUT2D eigenvalue weighted by Crippen LogP contribution is -2.39. The Balaban J connectivity index is 2.77. The standard InChI is InChI=1S/C13H19ClN2O2/c1-8(2)12(5-6-17)16-13(18)9-3-4-10(14)11(15)7-9/h3-4,7-8,12,17H,5-6,15H2,1-2H3,(H,16,18). The van der Waals surface area contributed by atoms with Gasteiger partial charge in [-0.3, -0.25) is 4.79 Å². The van der Waals surface area contributed by atoms with Crippen molar-refractivity contribution in [2.75, 3.05) is 12.3 Å². The van der Waals surface area contributed by atoms with Gasteiger partial charge in [0.25, 0.3) is 5.91 Å². The van der Waals surface area contributed by atoms with E-state index in [1.54, 1.807) is 18.2 Å². The molecule has 0 saturated carbocycles. The molecular weight excluding hydrogens is 252 g/mol. The van der Waals surface area contributed by atoms with Gasteiger partial charge in [-0.15, -0.1) is 0 Å². The van der Waals surface area contributed by atoms with Crippen molar-refractivity contribution in [2.45, 2.75) is 26.3 Å². The third-order valence-electron chi connectivity index (χ3n) is 2.82. The summed E-state index contributed by atoms with van der Waals surface area (Å²) in [6, 6.07) is 4.72. The quantitative estimate of drug-likeness (QED) is 0.717. The van der Waals surface area contributed by atoms with Crippen LogP contribution in [-0.2, 0) is 0 Å². The third kappa shape index (κ3) is 3.89. The number of anilines is 1. The number of nitrogens with two attached hydrogens (primary N) is 1. The van der Waals surface area contributed by atoms with Gasteiger partial charge in [-0.25, -0.2) is 0 Å². The Bertz CT molecular complexity index is 421. The molecule has 1 aromatic rings. The second-order valence-corrected chi connectivity index (χ2v) is 4.98. The molecule has 1 atom stereocenters. The Labute approximate surface area is 112 Å². The average molecular weight is 271 g/mol. The number of nitrogen functional groups attached to an aromatic ring is 1. The van der Waals surface area contributed by atoms with E-state index in [4.69, 9.17) is 22.4 Å². The molecule has 0 spiro atoms. The maximum atomic E-state index is 12.0. The molecular formula is C13H19ClN2O2. The molecule has 5 heteroatoms. The van der Waals surface area contributed by atoms with Crippen molar-refractivity contribution in [3.8, 4) is 0 Å². The molecule has 4 nitrogen and oxygen atoms in total. The zero-order chi connectivity index (χ0) is 13.7. The molecule has 0 heterocycles. The highest BCUT2D eigenvalue weighted by Gasteiger charge is 2.17. The fraction of sp³-hybridized carbons (Fsp3) is 0.462. The van der Waals surface area contributed by atoms with E-state index in [1.165, 1.54) is 0 Å². The van der Waals surface area contributed by atoms with Crippen LogP contribution in [0, 0.1) is 5.92 Å². The predicted octanol–water partition coefficient (Wildman–Crippen LogP) is 2.06. The fourth-order valence-corrected chi connectivity index (χ4v) is 1.77. The van der Waals surface area contributed by atoms with Gasteiger partial charge in [0.1, 0.15) is 0 Å².